The van der Waals surface area contributed by atoms with Crippen LogP contribution >= 0.6 is 0 Å². The van der Waals surface area contributed by atoms with Gasteiger partial charge in [-0.1, -0.05) is 0 Å². The second kappa shape index (κ2) is 2.84. The molecule has 0 radical (unpaired) electrons. The summed E-state index contributed by atoms with van der Waals surface area (Å²) in [4.78, 5) is 11.1. The molecule has 1 aliphatic heterocycles. The lowest BCUT2D eigenvalue weighted by atomic mass is 10.1. The number of hydrogen-bond acceptors (Lipinski definition) is 4. The predicted octanol–water partition coefficient (Wildman–Crippen LogP) is 1.05. The molecule has 4 nitrogen and oxygen atoms in total. The van der Waals surface area contributed by atoms with Crippen molar-refractivity contribution in [2.45, 2.75) is 12.7 Å². The Labute approximate surface area is 84.7 Å². The number of aliphatic hydroxyl groups is 1. The number of hydrogen-bond donors (Lipinski definition) is 1. The largest absolute Gasteiger partial charge is 0.464 e. The lowest BCUT2D eigenvalue weighted by Crippen LogP contribution is -2.10. The average molecular weight is 204 g/mol. The first-order chi connectivity index (χ1) is 7.24. The first kappa shape index (κ1) is 8.49. The number of ether oxygens (including phenoxy) is 1. The summed E-state index contributed by atoms with van der Waals surface area (Å²) in [6.45, 7) is 0. The van der Waals surface area contributed by atoms with Gasteiger partial charge in [-0.2, -0.15) is 0 Å². The molecule has 0 amide bonds. The van der Waals surface area contributed by atoms with E-state index in [4.69, 9.17) is 9.15 Å². The standard InChI is InChI=1S/C11H8O4/c12-9-4-2-6-1-3-8-7(11(6)15-9)5-10(13)14-8/h1-4,10,13H,5H2. The van der Waals surface area contributed by atoms with Crippen molar-refractivity contribution in [3.8, 4) is 5.75 Å². The van der Waals surface area contributed by atoms with Gasteiger partial charge in [0.15, 0.2) is 0 Å². The Morgan fingerprint density at radius 1 is 1.27 bits per heavy atom. The Morgan fingerprint density at radius 2 is 2.07 bits per heavy atom. The summed E-state index contributed by atoms with van der Waals surface area (Å²) < 4.78 is 10.3. The third-order valence-electron chi connectivity index (χ3n) is 2.49. The summed E-state index contributed by atoms with van der Waals surface area (Å²) in [5.74, 6) is 0.587. The van der Waals surface area contributed by atoms with Crippen molar-refractivity contribution in [1.82, 2.24) is 0 Å². The van der Waals surface area contributed by atoms with Gasteiger partial charge in [-0.05, 0) is 18.2 Å². The van der Waals surface area contributed by atoms with E-state index in [1.54, 1.807) is 18.2 Å². The van der Waals surface area contributed by atoms with E-state index < -0.39 is 11.9 Å². The summed E-state index contributed by atoms with van der Waals surface area (Å²) >= 11 is 0. The van der Waals surface area contributed by atoms with Crippen LogP contribution in [0.2, 0.25) is 0 Å². The van der Waals surface area contributed by atoms with E-state index >= 15 is 0 Å². The first-order valence-electron chi connectivity index (χ1n) is 4.64. The predicted molar refractivity (Wildman–Crippen MR) is 52.8 cm³/mol. The zero-order chi connectivity index (χ0) is 10.4. The molecule has 1 aliphatic rings. The van der Waals surface area contributed by atoms with Gasteiger partial charge >= 0.3 is 5.63 Å². The number of fused-ring (bicyclic) bond motifs is 3. The van der Waals surface area contributed by atoms with Crippen LogP contribution in [-0.2, 0) is 6.42 Å². The quantitative estimate of drug-likeness (QED) is 0.651. The molecule has 2 aromatic rings. The van der Waals surface area contributed by atoms with Crippen molar-refractivity contribution in [2.75, 3.05) is 0 Å². The highest BCUT2D eigenvalue weighted by atomic mass is 16.6. The molecular weight excluding hydrogens is 196 g/mol. The lowest BCUT2D eigenvalue weighted by Gasteiger charge is -2.01. The molecule has 0 spiro atoms. The minimum absolute atomic E-state index is 0.361. The molecule has 76 valence electrons. The molecule has 2 heterocycles. The molecule has 4 heteroatoms. The molecule has 1 N–H and O–H groups in total. The Morgan fingerprint density at radius 3 is 2.93 bits per heavy atom. The number of benzene rings is 1. The first-order valence-corrected chi connectivity index (χ1v) is 4.64. The number of rotatable bonds is 0. The highest BCUT2D eigenvalue weighted by Gasteiger charge is 2.23. The van der Waals surface area contributed by atoms with E-state index in [1.807, 2.05) is 0 Å². The molecule has 1 unspecified atom stereocenters. The van der Waals surface area contributed by atoms with Gasteiger partial charge in [0.05, 0.1) is 0 Å². The molecular formula is C11H8O4. The van der Waals surface area contributed by atoms with Crippen LogP contribution in [0.4, 0.5) is 0 Å². The van der Waals surface area contributed by atoms with E-state index in [9.17, 15) is 9.90 Å². The zero-order valence-electron chi connectivity index (χ0n) is 7.77. The van der Waals surface area contributed by atoms with Crippen molar-refractivity contribution in [1.29, 1.82) is 0 Å². The van der Waals surface area contributed by atoms with Gasteiger partial charge in [-0.25, -0.2) is 4.79 Å². The van der Waals surface area contributed by atoms with Gasteiger partial charge in [0.1, 0.15) is 11.3 Å². The third kappa shape index (κ3) is 1.22. The molecule has 15 heavy (non-hydrogen) atoms. The summed E-state index contributed by atoms with van der Waals surface area (Å²) in [5, 5.41) is 10.2. The Hall–Kier alpha value is -1.81. The van der Waals surface area contributed by atoms with Gasteiger partial charge in [0, 0.05) is 23.4 Å². The van der Waals surface area contributed by atoms with E-state index in [1.165, 1.54) is 6.07 Å². The summed E-state index contributed by atoms with van der Waals surface area (Å²) in [5.41, 5.74) is 0.881. The summed E-state index contributed by atoms with van der Waals surface area (Å²) in [6.07, 6.45) is -0.476. The van der Waals surface area contributed by atoms with Crippen molar-refractivity contribution in [2.24, 2.45) is 0 Å². The zero-order valence-corrected chi connectivity index (χ0v) is 7.77. The van der Waals surface area contributed by atoms with Gasteiger partial charge in [-0.15, -0.1) is 0 Å². The van der Waals surface area contributed by atoms with Crippen LogP contribution in [0, 0.1) is 0 Å². The van der Waals surface area contributed by atoms with Crippen molar-refractivity contribution in [3.63, 3.8) is 0 Å². The van der Waals surface area contributed by atoms with Crippen LogP contribution in [-0.4, -0.2) is 11.4 Å². The fourth-order valence-corrected chi connectivity index (χ4v) is 1.84. The van der Waals surface area contributed by atoms with Crippen LogP contribution in [0.5, 0.6) is 5.75 Å². The van der Waals surface area contributed by atoms with Crippen LogP contribution < -0.4 is 10.4 Å². The molecule has 3 rings (SSSR count). The molecule has 0 fully saturated rings. The molecule has 1 atom stereocenters. The van der Waals surface area contributed by atoms with E-state index in [0.717, 1.165) is 10.9 Å². The fraction of sp³-hybridized carbons (Fsp3) is 0.182. The van der Waals surface area contributed by atoms with E-state index in [0.29, 0.717) is 17.8 Å². The maximum Gasteiger partial charge on any atom is 0.336 e. The molecule has 1 aromatic carbocycles. The van der Waals surface area contributed by atoms with Gasteiger partial charge < -0.3 is 14.3 Å². The highest BCUT2D eigenvalue weighted by molar-refractivity contribution is 5.82. The minimum Gasteiger partial charge on any atom is -0.464 e. The van der Waals surface area contributed by atoms with Gasteiger partial charge in [-0.3, -0.25) is 0 Å². The average Bonchev–Trinajstić information content (AvgIpc) is 2.58. The smallest absolute Gasteiger partial charge is 0.336 e. The molecule has 0 aliphatic carbocycles. The second-order valence-corrected chi connectivity index (χ2v) is 3.49. The maximum atomic E-state index is 11.1. The highest BCUT2D eigenvalue weighted by Crippen LogP contribution is 2.33. The molecule has 0 bridgehead atoms. The van der Waals surface area contributed by atoms with Crippen molar-refractivity contribution in [3.05, 3.63) is 40.2 Å². The normalized spacial score (nSPS) is 18.9. The maximum absolute atomic E-state index is 11.1. The molecule has 0 saturated heterocycles. The van der Waals surface area contributed by atoms with Crippen LogP contribution in [0.1, 0.15) is 5.56 Å². The van der Waals surface area contributed by atoms with Crippen molar-refractivity contribution >= 4 is 11.0 Å². The van der Waals surface area contributed by atoms with Crippen LogP contribution in [0.25, 0.3) is 11.0 Å². The Balaban J connectivity index is 2.38. The van der Waals surface area contributed by atoms with E-state index in [2.05, 4.69) is 0 Å². The van der Waals surface area contributed by atoms with Gasteiger partial charge in [0.25, 0.3) is 0 Å². The third-order valence-corrected chi connectivity index (χ3v) is 2.49. The SMILES string of the molecule is O=c1ccc2ccc3c(c2o1)CC(O)O3. The second-order valence-electron chi connectivity index (χ2n) is 3.49. The molecule has 0 saturated carbocycles. The minimum atomic E-state index is -0.837. The van der Waals surface area contributed by atoms with Crippen LogP contribution in [0.3, 0.4) is 0 Å². The Kier molecular flexibility index (Phi) is 1.61. The van der Waals surface area contributed by atoms with Crippen molar-refractivity contribution < 1.29 is 14.3 Å². The van der Waals surface area contributed by atoms with Crippen LogP contribution in [0.15, 0.2) is 33.5 Å². The topological polar surface area (TPSA) is 59.7 Å². The molecule has 1 aromatic heterocycles. The summed E-state index contributed by atoms with van der Waals surface area (Å²) in [6, 6.07) is 6.65. The Bertz CT molecular complexity index is 585. The van der Waals surface area contributed by atoms with Gasteiger partial charge in [0.2, 0.25) is 6.29 Å². The summed E-state index contributed by atoms with van der Waals surface area (Å²) in [7, 11) is 0. The monoisotopic (exact) mass is 204 g/mol. The lowest BCUT2D eigenvalue weighted by molar-refractivity contribution is 0.00215. The number of aliphatic hydroxyl groups excluding tert-OH is 1. The fourth-order valence-electron chi connectivity index (χ4n) is 1.84. The van der Waals surface area contributed by atoms with E-state index in [-0.39, 0.29) is 0 Å².